The molecule has 1 atom stereocenters. The summed E-state index contributed by atoms with van der Waals surface area (Å²) in [5.74, 6) is 0.594. The zero-order valence-corrected chi connectivity index (χ0v) is 11.0. The number of nitrogens with zero attached hydrogens (tertiary/aromatic N) is 1. The number of hydrogen-bond donors (Lipinski definition) is 2. The molecule has 0 fully saturated rings. The van der Waals surface area contributed by atoms with Crippen molar-refractivity contribution in [2.45, 2.75) is 39.7 Å². The van der Waals surface area contributed by atoms with Crippen LogP contribution in [0.2, 0.25) is 0 Å². The molecule has 2 N–H and O–H groups in total. The van der Waals surface area contributed by atoms with E-state index >= 15 is 0 Å². The molecule has 0 saturated heterocycles. The monoisotopic (exact) mass is 242 g/mol. The van der Waals surface area contributed by atoms with Crippen LogP contribution in [-0.2, 0) is 6.54 Å². The second-order valence-corrected chi connectivity index (χ2v) is 5.12. The molecule has 1 aromatic rings. The predicted molar refractivity (Wildman–Crippen MR) is 68.7 cm³/mol. The Bertz CT molecular complexity index is 282. The van der Waals surface area contributed by atoms with Crippen LogP contribution in [0.5, 0.6) is 0 Å². The molecule has 3 nitrogen and oxygen atoms in total. The number of aryl methyl sites for hydroxylation is 1. The molecule has 92 valence electrons. The first-order chi connectivity index (χ1) is 7.76. The van der Waals surface area contributed by atoms with E-state index in [9.17, 15) is 0 Å². The minimum atomic E-state index is 0.294. The number of aromatic nitrogens is 1. The summed E-state index contributed by atoms with van der Waals surface area (Å²) in [6, 6.07) is 0. The van der Waals surface area contributed by atoms with Gasteiger partial charge in [-0.25, -0.2) is 4.98 Å². The maximum atomic E-state index is 8.94. The highest BCUT2D eigenvalue weighted by Crippen LogP contribution is 2.11. The summed E-state index contributed by atoms with van der Waals surface area (Å²) < 4.78 is 0. The van der Waals surface area contributed by atoms with Gasteiger partial charge >= 0.3 is 0 Å². The minimum Gasteiger partial charge on any atom is -0.396 e. The van der Waals surface area contributed by atoms with Crippen LogP contribution in [0.3, 0.4) is 0 Å². The van der Waals surface area contributed by atoms with Crippen LogP contribution in [0.4, 0.5) is 0 Å². The summed E-state index contributed by atoms with van der Waals surface area (Å²) in [5, 5.41) is 15.6. The second kappa shape index (κ2) is 7.76. The van der Waals surface area contributed by atoms with Gasteiger partial charge < -0.3 is 10.4 Å². The van der Waals surface area contributed by atoms with Crippen LogP contribution in [0.25, 0.3) is 0 Å². The molecular weight excluding hydrogens is 220 g/mol. The van der Waals surface area contributed by atoms with Crippen LogP contribution < -0.4 is 5.32 Å². The van der Waals surface area contributed by atoms with Crippen LogP contribution in [0, 0.1) is 12.8 Å². The molecule has 0 spiro atoms. The quantitative estimate of drug-likeness (QED) is 0.735. The molecule has 1 unspecified atom stereocenters. The van der Waals surface area contributed by atoms with Gasteiger partial charge in [0.2, 0.25) is 0 Å². The molecule has 0 aliphatic heterocycles. The fraction of sp³-hybridized carbons (Fsp3) is 0.750. The van der Waals surface area contributed by atoms with Crippen molar-refractivity contribution < 1.29 is 5.11 Å². The van der Waals surface area contributed by atoms with Crippen LogP contribution in [0.1, 0.15) is 36.9 Å². The predicted octanol–water partition coefficient (Wildman–Crippen LogP) is 2.34. The van der Waals surface area contributed by atoms with E-state index < -0.39 is 0 Å². The normalized spacial score (nSPS) is 12.9. The molecule has 1 aromatic heterocycles. The van der Waals surface area contributed by atoms with Crippen molar-refractivity contribution in [2.75, 3.05) is 13.2 Å². The van der Waals surface area contributed by atoms with Gasteiger partial charge in [0, 0.05) is 24.2 Å². The summed E-state index contributed by atoms with van der Waals surface area (Å²) in [7, 11) is 0. The summed E-state index contributed by atoms with van der Waals surface area (Å²) in [5.41, 5.74) is 1.10. The minimum absolute atomic E-state index is 0.294. The smallest absolute Gasteiger partial charge is 0.107 e. The van der Waals surface area contributed by atoms with Gasteiger partial charge in [-0.15, -0.1) is 11.3 Å². The number of rotatable bonds is 8. The first-order valence-corrected chi connectivity index (χ1v) is 6.86. The molecule has 0 aliphatic carbocycles. The maximum absolute atomic E-state index is 8.94. The Hall–Kier alpha value is -0.450. The Morgan fingerprint density at radius 3 is 2.88 bits per heavy atom. The Balaban J connectivity index is 2.21. The maximum Gasteiger partial charge on any atom is 0.107 e. The third kappa shape index (κ3) is 5.05. The van der Waals surface area contributed by atoms with Gasteiger partial charge in [-0.3, -0.25) is 0 Å². The summed E-state index contributed by atoms with van der Waals surface area (Å²) >= 11 is 1.70. The highest BCUT2D eigenvalue weighted by molar-refractivity contribution is 7.09. The van der Waals surface area contributed by atoms with Crippen LogP contribution >= 0.6 is 11.3 Å². The summed E-state index contributed by atoms with van der Waals surface area (Å²) in [6.07, 6.45) is 3.27. The average molecular weight is 242 g/mol. The van der Waals surface area contributed by atoms with Gasteiger partial charge in [-0.05, 0) is 32.2 Å². The van der Waals surface area contributed by atoms with Gasteiger partial charge in [-0.1, -0.05) is 13.3 Å². The molecule has 0 amide bonds. The molecule has 4 heteroatoms. The van der Waals surface area contributed by atoms with Crippen molar-refractivity contribution in [2.24, 2.45) is 5.92 Å². The number of hydrogen-bond acceptors (Lipinski definition) is 4. The van der Waals surface area contributed by atoms with Gasteiger partial charge in [0.05, 0.1) is 0 Å². The zero-order chi connectivity index (χ0) is 11.8. The average Bonchev–Trinajstić information content (AvgIpc) is 2.65. The molecular formula is C12H22N2OS. The lowest BCUT2D eigenvalue weighted by atomic mass is 10.0. The topological polar surface area (TPSA) is 45.1 Å². The standard InChI is InChI=1S/C12H22N2OS/c1-3-4-11(5-6-15)7-13-8-12-14-10(2)9-16-12/h9,11,13,15H,3-8H2,1-2H3. The summed E-state index contributed by atoms with van der Waals surface area (Å²) in [4.78, 5) is 4.41. The molecule has 0 aromatic carbocycles. The third-order valence-electron chi connectivity index (χ3n) is 2.61. The highest BCUT2D eigenvalue weighted by atomic mass is 32.1. The number of aliphatic hydroxyl groups is 1. The van der Waals surface area contributed by atoms with E-state index in [1.54, 1.807) is 11.3 Å². The lowest BCUT2D eigenvalue weighted by Crippen LogP contribution is -2.23. The van der Waals surface area contributed by atoms with Crippen molar-refractivity contribution >= 4 is 11.3 Å². The Morgan fingerprint density at radius 2 is 2.31 bits per heavy atom. The van der Waals surface area contributed by atoms with E-state index in [4.69, 9.17) is 5.11 Å². The summed E-state index contributed by atoms with van der Waals surface area (Å²) in [6.45, 7) is 6.33. The van der Waals surface area contributed by atoms with E-state index in [0.717, 1.165) is 30.2 Å². The van der Waals surface area contributed by atoms with Crippen LogP contribution in [-0.4, -0.2) is 23.2 Å². The molecule has 1 rings (SSSR count). The van der Waals surface area contributed by atoms with E-state index in [0.29, 0.717) is 12.5 Å². The van der Waals surface area contributed by atoms with E-state index in [1.807, 2.05) is 6.92 Å². The fourth-order valence-corrected chi connectivity index (χ4v) is 2.55. The van der Waals surface area contributed by atoms with Gasteiger partial charge in [0.15, 0.2) is 0 Å². The molecule has 0 saturated carbocycles. The number of nitrogens with one attached hydrogen (secondary N) is 1. The van der Waals surface area contributed by atoms with Crippen molar-refractivity contribution in [1.29, 1.82) is 0 Å². The molecule has 0 radical (unpaired) electrons. The van der Waals surface area contributed by atoms with E-state index in [2.05, 4.69) is 22.6 Å². The Morgan fingerprint density at radius 1 is 1.50 bits per heavy atom. The molecule has 16 heavy (non-hydrogen) atoms. The second-order valence-electron chi connectivity index (χ2n) is 4.18. The fourth-order valence-electron chi connectivity index (χ4n) is 1.81. The van der Waals surface area contributed by atoms with Crippen molar-refractivity contribution in [3.05, 3.63) is 16.1 Å². The largest absolute Gasteiger partial charge is 0.396 e. The number of aliphatic hydroxyl groups excluding tert-OH is 1. The lowest BCUT2D eigenvalue weighted by Gasteiger charge is -2.14. The van der Waals surface area contributed by atoms with Crippen molar-refractivity contribution in [3.63, 3.8) is 0 Å². The third-order valence-corrected chi connectivity index (χ3v) is 3.58. The Kier molecular flexibility index (Phi) is 6.61. The lowest BCUT2D eigenvalue weighted by molar-refractivity contribution is 0.248. The Labute approximate surface area is 102 Å². The number of thiazole rings is 1. The van der Waals surface area contributed by atoms with Crippen LogP contribution in [0.15, 0.2) is 5.38 Å². The van der Waals surface area contributed by atoms with Gasteiger partial charge in [0.1, 0.15) is 5.01 Å². The van der Waals surface area contributed by atoms with E-state index in [-0.39, 0.29) is 0 Å². The zero-order valence-electron chi connectivity index (χ0n) is 10.2. The van der Waals surface area contributed by atoms with Gasteiger partial charge in [0.25, 0.3) is 0 Å². The molecule has 0 aliphatic rings. The highest BCUT2D eigenvalue weighted by Gasteiger charge is 2.07. The molecule has 0 bridgehead atoms. The first-order valence-electron chi connectivity index (χ1n) is 5.98. The van der Waals surface area contributed by atoms with Gasteiger partial charge in [-0.2, -0.15) is 0 Å². The van der Waals surface area contributed by atoms with Crippen molar-refractivity contribution in [3.8, 4) is 0 Å². The van der Waals surface area contributed by atoms with E-state index in [1.165, 1.54) is 12.8 Å². The first kappa shape index (κ1) is 13.6. The molecule has 1 heterocycles. The van der Waals surface area contributed by atoms with Crippen molar-refractivity contribution in [1.82, 2.24) is 10.3 Å². The SMILES string of the molecule is CCCC(CCO)CNCc1nc(C)cs1.